The fraction of sp³-hybridized carbons (Fsp3) is 0.438. The minimum atomic E-state index is -3.39. The predicted molar refractivity (Wildman–Crippen MR) is 86.9 cm³/mol. The number of hydrogen-bond donors (Lipinski definition) is 2. The van der Waals surface area contributed by atoms with Crippen LogP contribution in [0, 0.1) is 0 Å². The van der Waals surface area contributed by atoms with Crippen molar-refractivity contribution in [3.05, 3.63) is 42.1 Å². The zero-order valence-electron chi connectivity index (χ0n) is 12.7. The van der Waals surface area contributed by atoms with Crippen molar-refractivity contribution in [2.24, 2.45) is 0 Å². The van der Waals surface area contributed by atoms with Crippen LogP contribution in [-0.2, 0) is 20.3 Å². The van der Waals surface area contributed by atoms with E-state index >= 15 is 0 Å². The van der Waals surface area contributed by atoms with Gasteiger partial charge in [-0.05, 0) is 30.5 Å². The van der Waals surface area contributed by atoms with Crippen LogP contribution in [0.4, 0.5) is 0 Å². The smallest absolute Gasteiger partial charge is 0.156 e. The van der Waals surface area contributed by atoms with Crippen molar-refractivity contribution in [1.29, 1.82) is 0 Å². The molecule has 0 unspecified atom stereocenters. The lowest BCUT2D eigenvalue weighted by Gasteiger charge is -2.21. The SMILES string of the molecule is O=S(=O)(Cc1cnc2ccccc2c1)C[C@@H](NO)[C@H]1CCCO1. The van der Waals surface area contributed by atoms with Crippen LogP contribution in [0.25, 0.3) is 10.9 Å². The van der Waals surface area contributed by atoms with Gasteiger partial charge in [-0.3, -0.25) is 4.98 Å². The minimum absolute atomic E-state index is 0.101. The van der Waals surface area contributed by atoms with Crippen LogP contribution in [0.3, 0.4) is 0 Å². The van der Waals surface area contributed by atoms with Gasteiger partial charge in [0.1, 0.15) is 0 Å². The van der Waals surface area contributed by atoms with Gasteiger partial charge in [0.25, 0.3) is 0 Å². The van der Waals surface area contributed by atoms with E-state index in [0.29, 0.717) is 12.2 Å². The predicted octanol–water partition coefficient (Wildman–Crippen LogP) is 1.68. The number of nitrogens with one attached hydrogen (secondary N) is 1. The summed E-state index contributed by atoms with van der Waals surface area (Å²) >= 11 is 0. The second-order valence-corrected chi connectivity index (χ2v) is 7.99. The summed E-state index contributed by atoms with van der Waals surface area (Å²) in [4.78, 5) is 4.29. The lowest BCUT2D eigenvalue weighted by Crippen LogP contribution is -2.43. The molecule has 3 rings (SSSR count). The first-order valence-electron chi connectivity index (χ1n) is 7.63. The van der Waals surface area contributed by atoms with Crippen LogP contribution in [0.5, 0.6) is 0 Å². The summed E-state index contributed by atoms with van der Waals surface area (Å²) in [6, 6.07) is 8.82. The van der Waals surface area contributed by atoms with Crippen molar-refractivity contribution in [3.63, 3.8) is 0 Å². The number of sulfone groups is 1. The molecule has 124 valence electrons. The number of nitrogens with zero attached hydrogens (tertiary/aromatic N) is 1. The molecule has 1 aromatic heterocycles. The van der Waals surface area contributed by atoms with Crippen molar-refractivity contribution >= 4 is 20.7 Å². The Labute approximate surface area is 135 Å². The highest BCUT2D eigenvalue weighted by molar-refractivity contribution is 7.90. The summed E-state index contributed by atoms with van der Waals surface area (Å²) in [5, 5.41) is 10.2. The second kappa shape index (κ2) is 6.92. The number of fused-ring (bicyclic) bond motifs is 1. The number of para-hydroxylation sites is 1. The first kappa shape index (κ1) is 16.3. The van der Waals surface area contributed by atoms with Crippen LogP contribution in [-0.4, -0.2) is 43.1 Å². The summed E-state index contributed by atoms with van der Waals surface area (Å²) in [6.45, 7) is 0.609. The molecule has 23 heavy (non-hydrogen) atoms. The van der Waals surface area contributed by atoms with E-state index < -0.39 is 15.9 Å². The second-order valence-electron chi connectivity index (χ2n) is 5.88. The molecule has 1 saturated heterocycles. The van der Waals surface area contributed by atoms with E-state index in [2.05, 4.69) is 10.5 Å². The largest absolute Gasteiger partial charge is 0.376 e. The summed E-state index contributed by atoms with van der Waals surface area (Å²) in [7, 11) is -3.39. The molecular formula is C16H20N2O4S. The Bertz CT molecular complexity index is 772. The molecule has 0 spiro atoms. The van der Waals surface area contributed by atoms with E-state index in [1.54, 1.807) is 6.20 Å². The first-order valence-corrected chi connectivity index (χ1v) is 9.45. The molecule has 6 nitrogen and oxygen atoms in total. The Kier molecular flexibility index (Phi) is 4.91. The van der Waals surface area contributed by atoms with Gasteiger partial charge in [0.2, 0.25) is 0 Å². The topological polar surface area (TPSA) is 88.5 Å². The first-order chi connectivity index (χ1) is 11.1. The molecule has 0 radical (unpaired) electrons. The molecule has 0 amide bonds. The normalized spacial score (nSPS) is 20.0. The van der Waals surface area contributed by atoms with E-state index in [1.165, 1.54) is 0 Å². The molecule has 2 heterocycles. The van der Waals surface area contributed by atoms with Crippen LogP contribution < -0.4 is 5.48 Å². The van der Waals surface area contributed by atoms with E-state index in [4.69, 9.17) is 4.74 Å². The summed E-state index contributed by atoms with van der Waals surface area (Å²) in [6.07, 6.45) is 2.97. The number of ether oxygens (including phenoxy) is 1. The Morgan fingerprint density at radius 1 is 1.39 bits per heavy atom. The van der Waals surface area contributed by atoms with Crippen LogP contribution in [0.1, 0.15) is 18.4 Å². The van der Waals surface area contributed by atoms with Gasteiger partial charge in [-0.25, -0.2) is 8.42 Å². The van der Waals surface area contributed by atoms with Crippen LogP contribution in [0.2, 0.25) is 0 Å². The van der Waals surface area contributed by atoms with E-state index in [0.717, 1.165) is 23.7 Å². The zero-order chi connectivity index (χ0) is 16.3. The number of hydrogen-bond acceptors (Lipinski definition) is 6. The summed E-state index contributed by atoms with van der Waals surface area (Å²) in [5.74, 6) is -0.267. The fourth-order valence-corrected chi connectivity index (χ4v) is 4.55. The quantitative estimate of drug-likeness (QED) is 0.780. The van der Waals surface area contributed by atoms with Crippen molar-refractivity contribution < 1.29 is 18.4 Å². The molecule has 2 atom stereocenters. The number of hydroxylamine groups is 1. The van der Waals surface area contributed by atoms with Gasteiger partial charge in [-0.15, -0.1) is 0 Å². The Balaban J connectivity index is 1.73. The molecule has 0 saturated carbocycles. The van der Waals surface area contributed by atoms with Gasteiger partial charge >= 0.3 is 0 Å². The van der Waals surface area contributed by atoms with Gasteiger partial charge in [0.15, 0.2) is 9.84 Å². The molecule has 1 fully saturated rings. The standard InChI is InChI=1S/C16H20N2O4S/c19-18-15(16-6-3-7-22-16)11-23(20,21)10-12-8-13-4-1-2-5-14(13)17-9-12/h1-2,4-5,8-9,15-16,18-19H,3,6-7,10-11H2/t15-,16-/m1/s1. The Morgan fingerprint density at radius 3 is 2.96 bits per heavy atom. The molecule has 1 aliphatic heterocycles. The van der Waals surface area contributed by atoms with Crippen molar-refractivity contribution in [1.82, 2.24) is 10.5 Å². The maximum absolute atomic E-state index is 12.4. The average molecular weight is 336 g/mol. The molecule has 0 aliphatic carbocycles. The lowest BCUT2D eigenvalue weighted by molar-refractivity contribution is 0.0281. The number of aromatic nitrogens is 1. The van der Waals surface area contributed by atoms with Crippen LogP contribution >= 0.6 is 0 Å². The molecule has 1 aromatic carbocycles. The highest BCUT2D eigenvalue weighted by atomic mass is 32.2. The third-order valence-electron chi connectivity index (χ3n) is 4.05. The minimum Gasteiger partial charge on any atom is -0.376 e. The monoisotopic (exact) mass is 336 g/mol. The summed E-state index contributed by atoms with van der Waals surface area (Å²) in [5.41, 5.74) is 3.58. The third kappa shape index (κ3) is 4.06. The molecular weight excluding hydrogens is 316 g/mol. The maximum atomic E-state index is 12.4. The zero-order valence-corrected chi connectivity index (χ0v) is 13.5. The molecule has 1 aliphatic rings. The number of pyridine rings is 1. The number of benzene rings is 1. The Hall–Kier alpha value is -1.54. The maximum Gasteiger partial charge on any atom is 0.156 e. The highest BCUT2D eigenvalue weighted by Crippen LogP contribution is 2.19. The lowest BCUT2D eigenvalue weighted by atomic mass is 10.1. The molecule has 0 bridgehead atoms. The molecule has 2 N–H and O–H groups in total. The van der Waals surface area contributed by atoms with Gasteiger partial charge in [0, 0.05) is 18.2 Å². The van der Waals surface area contributed by atoms with Gasteiger partial charge in [-0.2, -0.15) is 5.48 Å². The van der Waals surface area contributed by atoms with Gasteiger partial charge in [-0.1, -0.05) is 18.2 Å². The molecule has 7 heteroatoms. The average Bonchev–Trinajstić information content (AvgIpc) is 3.06. The van der Waals surface area contributed by atoms with Crippen molar-refractivity contribution in [3.8, 4) is 0 Å². The number of rotatable bonds is 6. The van der Waals surface area contributed by atoms with E-state index in [-0.39, 0.29) is 17.6 Å². The third-order valence-corrected chi connectivity index (χ3v) is 5.69. The van der Waals surface area contributed by atoms with Crippen LogP contribution in [0.15, 0.2) is 36.5 Å². The van der Waals surface area contributed by atoms with Gasteiger partial charge < -0.3 is 9.94 Å². The van der Waals surface area contributed by atoms with Gasteiger partial charge in [0.05, 0.1) is 29.2 Å². The highest BCUT2D eigenvalue weighted by Gasteiger charge is 2.30. The Morgan fingerprint density at radius 2 is 2.22 bits per heavy atom. The molecule has 2 aromatic rings. The van der Waals surface area contributed by atoms with E-state index in [1.807, 2.05) is 30.3 Å². The fourth-order valence-electron chi connectivity index (χ4n) is 2.93. The van der Waals surface area contributed by atoms with Crippen molar-refractivity contribution in [2.75, 3.05) is 12.4 Å². The van der Waals surface area contributed by atoms with Crippen molar-refractivity contribution in [2.45, 2.75) is 30.7 Å². The van der Waals surface area contributed by atoms with E-state index in [9.17, 15) is 13.6 Å². The summed E-state index contributed by atoms with van der Waals surface area (Å²) < 4.78 is 30.3.